The van der Waals surface area contributed by atoms with Gasteiger partial charge >= 0.3 is 35.5 Å². The van der Waals surface area contributed by atoms with Gasteiger partial charge < -0.3 is 9.90 Å². The van der Waals surface area contributed by atoms with Crippen molar-refractivity contribution in [3.05, 3.63) is 0 Å². The number of carbonyl (C=O) groups excluding carboxylic acids is 1. The van der Waals surface area contributed by atoms with E-state index in [1.54, 1.807) is 0 Å². The molecule has 0 saturated carbocycles. The maximum absolute atomic E-state index is 9.89. The molecule has 0 aromatic heterocycles. The fourth-order valence-electron chi connectivity index (χ4n) is 1.51. The molecule has 0 heterocycles. The third-order valence-corrected chi connectivity index (χ3v) is 2.79. The van der Waals surface area contributed by atoms with Gasteiger partial charge in [-0.1, -0.05) is 64.7 Å². The fraction of sp³-hybridized carbons (Fsp3) is 0.857. The van der Waals surface area contributed by atoms with E-state index in [1.165, 1.54) is 51.4 Å². The molecule has 5 heteroatoms. The third kappa shape index (κ3) is 32.2. The first-order valence-electron chi connectivity index (χ1n) is 6.86. The quantitative estimate of drug-likeness (QED) is 0.259. The Morgan fingerprint density at radius 3 is 1.68 bits per heavy atom. The minimum atomic E-state index is -0.881. The summed E-state index contributed by atoms with van der Waals surface area (Å²) in [6.07, 6.45) is 14.4. The van der Waals surface area contributed by atoms with Crippen LogP contribution in [0.2, 0.25) is 0 Å². The van der Waals surface area contributed by atoms with Crippen molar-refractivity contribution in [2.45, 2.75) is 71.1 Å². The predicted octanol–water partition coefficient (Wildman–Crippen LogP) is 1.02. The van der Waals surface area contributed by atoms with Crippen LogP contribution >= 0.6 is 12.6 Å². The monoisotopic (exact) mass is 298 g/mol. The summed E-state index contributed by atoms with van der Waals surface area (Å²) in [6.45, 7) is 2.25. The first-order valence-corrected chi connectivity index (χ1v) is 7.49. The Balaban J connectivity index is -0.000000366. The Hall–Kier alpha value is 0.490. The molecule has 0 aromatic carbocycles. The van der Waals surface area contributed by atoms with Crippen molar-refractivity contribution in [1.82, 2.24) is 0 Å². The predicted molar refractivity (Wildman–Crippen MR) is 79.0 cm³/mol. The van der Waals surface area contributed by atoms with E-state index in [9.17, 15) is 9.59 Å². The summed E-state index contributed by atoms with van der Waals surface area (Å²) in [6, 6.07) is 0. The van der Waals surface area contributed by atoms with E-state index in [1.807, 2.05) is 6.29 Å². The topological polar surface area (TPSA) is 54.4 Å². The summed E-state index contributed by atoms with van der Waals surface area (Å²) in [5.74, 6) is -0.965. The number of rotatable bonds is 11. The molecule has 3 nitrogen and oxygen atoms in total. The van der Waals surface area contributed by atoms with Crippen molar-refractivity contribution in [2.75, 3.05) is 5.75 Å². The number of unbranched alkanes of at least 4 members (excludes halogenated alkanes) is 9. The molecule has 0 fully saturated rings. The SMILES string of the molecule is CCCCCCCCCCC[C-]=O.O=C(O)CS.[Na+]. The van der Waals surface area contributed by atoms with E-state index in [-0.39, 0.29) is 35.3 Å². The minimum Gasteiger partial charge on any atom is -0.542 e. The van der Waals surface area contributed by atoms with Crippen LogP contribution in [0, 0.1) is 0 Å². The van der Waals surface area contributed by atoms with E-state index in [4.69, 9.17) is 5.11 Å². The van der Waals surface area contributed by atoms with Crippen LogP contribution in [0.1, 0.15) is 71.1 Å². The molecular weight excluding hydrogens is 271 g/mol. The van der Waals surface area contributed by atoms with Crippen LogP contribution in [0.5, 0.6) is 0 Å². The van der Waals surface area contributed by atoms with Crippen LogP contribution in [0.25, 0.3) is 0 Å². The Morgan fingerprint density at radius 1 is 1.00 bits per heavy atom. The smallest absolute Gasteiger partial charge is 0.542 e. The van der Waals surface area contributed by atoms with Gasteiger partial charge in [0.2, 0.25) is 0 Å². The van der Waals surface area contributed by atoms with Gasteiger partial charge in [-0.2, -0.15) is 19.0 Å². The molecule has 19 heavy (non-hydrogen) atoms. The zero-order chi connectivity index (χ0) is 14.1. The molecule has 0 aliphatic rings. The Morgan fingerprint density at radius 2 is 1.37 bits per heavy atom. The van der Waals surface area contributed by atoms with Crippen LogP contribution in [0.3, 0.4) is 0 Å². The largest absolute Gasteiger partial charge is 1.00 e. The van der Waals surface area contributed by atoms with Crippen LogP contribution in [0.4, 0.5) is 0 Å². The number of carbonyl (C=O) groups is 1. The van der Waals surface area contributed by atoms with Crippen molar-refractivity contribution in [1.29, 1.82) is 0 Å². The number of carboxylic acids is 1. The Bertz CT molecular complexity index is 190. The standard InChI is InChI=1S/C12H23O.C2H4O2S.Na/c1-2-3-4-5-6-7-8-9-10-11-12-13;3-2(4)1-5;/h2-11H2,1H3;5H,1H2,(H,3,4);/q-1;;+1. The van der Waals surface area contributed by atoms with Gasteiger partial charge in [-0.25, -0.2) is 0 Å². The number of aliphatic carboxylic acids is 1. The van der Waals surface area contributed by atoms with E-state index >= 15 is 0 Å². The first-order chi connectivity index (χ1) is 8.68. The Labute approximate surface area is 145 Å². The normalized spacial score (nSPS) is 8.95. The van der Waals surface area contributed by atoms with Crippen molar-refractivity contribution in [3.63, 3.8) is 0 Å². The van der Waals surface area contributed by atoms with Gasteiger partial charge in [-0.15, -0.1) is 0 Å². The fourth-order valence-corrected chi connectivity index (χ4v) is 1.51. The molecule has 0 atom stereocenters. The van der Waals surface area contributed by atoms with Crippen LogP contribution in [-0.2, 0) is 9.59 Å². The van der Waals surface area contributed by atoms with E-state index in [2.05, 4.69) is 19.6 Å². The molecule has 0 aromatic rings. The summed E-state index contributed by atoms with van der Waals surface area (Å²) in [4.78, 5) is 19.2. The number of hydrogen-bond acceptors (Lipinski definition) is 3. The maximum atomic E-state index is 9.89. The maximum Gasteiger partial charge on any atom is 1.00 e. The zero-order valence-corrected chi connectivity index (χ0v) is 15.4. The van der Waals surface area contributed by atoms with Gasteiger partial charge in [0.05, 0.1) is 5.75 Å². The molecule has 0 saturated heterocycles. The van der Waals surface area contributed by atoms with Crippen molar-refractivity contribution in [2.24, 2.45) is 0 Å². The third-order valence-electron chi connectivity index (χ3n) is 2.52. The van der Waals surface area contributed by atoms with E-state index in [0.29, 0.717) is 6.42 Å². The average molecular weight is 298 g/mol. The Kier molecular flexibility index (Phi) is 30.4. The molecule has 0 amide bonds. The molecule has 0 spiro atoms. The van der Waals surface area contributed by atoms with Crippen molar-refractivity contribution in [3.8, 4) is 0 Å². The van der Waals surface area contributed by atoms with Crippen LogP contribution in [0.15, 0.2) is 0 Å². The summed E-state index contributed by atoms with van der Waals surface area (Å²) >= 11 is 3.42. The van der Waals surface area contributed by atoms with E-state index in [0.717, 1.165) is 6.42 Å². The molecule has 0 radical (unpaired) electrons. The van der Waals surface area contributed by atoms with Gasteiger partial charge in [0.25, 0.3) is 0 Å². The summed E-state index contributed by atoms with van der Waals surface area (Å²) in [5.41, 5.74) is 0. The molecule has 108 valence electrons. The van der Waals surface area contributed by atoms with E-state index < -0.39 is 5.97 Å². The second-order valence-electron chi connectivity index (χ2n) is 4.27. The van der Waals surface area contributed by atoms with Gasteiger partial charge in [-0.05, 0) is 0 Å². The number of thiol groups is 1. The second kappa shape index (κ2) is 23.6. The van der Waals surface area contributed by atoms with Crippen molar-refractivity contribution < 1.29 is 44.3 Å². The molecule has 0 aliphatic carbocycles. The van der Waals surface area contributed by atoms with Gasteiger partial charge in [0.15, 0.2) is 0 Å². The molecule has 1 N–H and O–H groups in total. The molecule has 0 bridgehead atoms. The van der Waals surface area contributed by atoms with Crippen LogP contribution < -0.4 is 29.6 Å². The molecular formula is C14H27NaO3S. The van der Waals surface area contributed by atoms with Crippen LogP contribution in [-0.4, -0.2) is 23.1 Å². The molecule has 0 aliphatic heterocycles. The number of hydrogen-bond donors (Lipinski definition) is 2. The zero-order valence-electron chi connectivity index (χ0n) is 12.5. The molecule has 0 rings (SSSR count). The first kappa shape index (κ1) is 24.5. The van der Waals surface area contributed by atoms with Gasteiger partial charge in [0.1, 0.15) is 0 Å². The number of carboxylic acid groups (broad SMARTS) is 1. The molecule has 0 unspecified atom stereocenters. The van der Waals surface area contributed by atoms with Crippen molar-refractivity contribution >= 4 is 24.9 Å². The summed E-state index contributed by atoms with van der Waals surface area (Å²) in [7, 11) is 0. The minimum absolute atomic E-state index is 0. The van der Waals surface area contributed by atoms with Gasteiger partial charge in [-0.3, -0.25) is 11.1 Å². The second-order valence-corrected chi connectivity index (χ2v) is 4.59. The van der Waals surface area contributed by atoms with Gasteiger partial charge in [0, 0.05) is 0 Å². The average Bonchev–Trinajstić information content (AvgIpc) is 2.37. The summed E-state index contributed by atoms with van der Waals surface area (Å²) in [5, 5.41) is 7.65. The summed E-state index contributed by atoms with van der Waals surface area (Å²) < 4.78 is 0.